The van der Waals surface area contributed by atoms with Crippen molar-refractivity contribution in [2.24, 2.45) is 0 Å². The molecule has 0 radical (unpaired) electrons. The van der Waals surface area contributed by atoms with Gasteiger partial charge in [-0.1, -0.05) is 36.4 Å². The van der Waals surface area contributed by atoms with Crippen molar-refractivity contribution >= 4 is 5.91 Å². The number of hydrogen-bond acceptors (Lipinski definition) is 1. The van der Waals surface area contributed by atoms with E-state index in [1.807, 2.05) is 31.5 Å². The number of nitrogens with zero attached hydrogens (tertiary/aromatic N) is 1. The van der Waals surface area contributed by atoms with Crippen molar-refractivity contribution in [2.75, 3.05) is 0 Å². The van der Waals surface area contributed by atoms with Crippen LogP contribution >= 0.6 is 0 Å². The molecule has 24 heavy (non-hydrogen) atoms. The first-order chi connectivity index (χ1) is 11.6. The smallest absolute Gasteiger partial charge is 0.217 e. The quantitative estimate of drug-likeness (QED) is 0.751. The third kappa shape index (κ3) is 3.93. The van der Waals surface area contributed by atoms with Crippen LogP contribution in [0.15, 0.2) is 73.1 Å². The SMILES string of the molecule is CC(=O)NC(C)Cc1ccc(-c2ccc(-n3cccc3)cc2)cc1. The van der Waals surface area contributed by atoms with Crippen LogP contribution in [0.1, 0.15) is 19.4 Å². The Balaban J connectivity index is 1.70. The van der Waals surface area contributed by atoms with Gasteiger partial charge in [0.15, 0.2) is 0 Å². The van der Waals surface area contributed by atoms with Gasteiger partial charge in [0.1, 0.15) is 0 Å². The predicted molar refractivity (Wildman–Crippen MR) is 98.2 cm³/mol. The van der Waals surface area contributed by atoms with Gasteiger partial charge in [-0.05, 0) is 54.3 Å². The van der Waals surface area contributed by atoms with Crippen LogP contribution in [0.2, 0.25) is 0 Å². The van der Waals surface area contributed by atoms with Crippen molar-refractivity contribution in [1.82, 2.24) is 9.88 Å². The van der Waals surface area contributed by atoms with Crippen LogP contribution in [0, 0.1) is 0 Å². The Morgan fingerprint density at radius 1 is 0.958 bits per heavy atom. The predicted octanol–water partition coefficient (Wildman–Crippen LogP) is 4.21. The van der Waals surface area contributed by atoms with E-state index in [4.69, 9.17) is 0 Å². The zero-order valence-electron chi connectivity index (χ0n) is 14.1. The Hall–Kier alpha value is -2.81. The van der Waals surface area contributed by atoms with E-state index < -0.39 is 0 Å². The van der Waals surface area contributed by atoms with Crippen LogP contribution in [0.25, 0.3) is 16.8 Å². The fourth-order valence-electron chi connectivity index (χ4n) is 2.92. The van der Waals surface area contributed by atoms with Crippen molar-refractivity contribution in [3.63, 3.8) is 0 Å². The van der Waals surface area contributed by atoms with Gasteiger partial charge in [-0.3, -0.25) is 4.79 Å². The molecule has 0 bridgehead atoms. The molecule has 2 aromatic carbocycles. The standard InChI is InChI=1S/C21H22N2O/c1-16(22-17(2)24)15-18-5-7-19(8-6-18)20-9-11-21(12-10-20)23-13-3-4-14-23/h3-14,16H,15H2,1-2H3,(H,22,24). The Morgan fingerprint density at radius 2 is 1.50 bits per heavy atom. The van der Waals surface area contributed by atoms with Crippen LogP contribution in [0.3, 0.4) is 0 Å². The molecule has 0 aliphatic heterocycles. The molecule has 0 saturated heterocycles. The second kappa shape index (κ2) is 7.18. The van der Waals surface area contributed by atoms with Gasteiger partial charge in [0.05, 0.1) is 0 Å². The number of hydrogen-bond donors (Lipinski definition) is 1. The molecule has 1 unspecified atom stereocenters. The first kappa shape index (κ1) is 16.1. The summed E-state index contributed by atoms with van der Waals surface area (Å²) in [6.07, 6.45) is 4.92. The number of nitrogens with one attached hydrogen (secondary N) is 1. The number of aromatic nitrogens is 1. The maximum Gasteiger partial charge on any atom is 0.217 e. The molecule has 1 N–H and O–H groups in total. The van der Waals surface area contributed by atoms with Crippen LogP contribution < -0.4 is 5.32 Å². The summed E-state index contributed by atoms with van der Waals surface area (Å²) in [6, 6.07) is 21.3. The van der Waals surface area contributed by atoms with E-state index in [9.17, 15) is 4.79 Å². The van der Waals surface area contributed by atoms with Gasteiger partial charge in [0.2, 0.25) is 5.91 Å². The largest absolute Gasteiger partial charge is 0.354 e. The molecule has 1 atom stereocenters. The second-order valence-electron chi connectivity index (χ2n) is 6.14. The first-order valence-electron chi connectivity index (χ1n) is 8.21. The molecule has 122 valence electrons. The van der Waals surface area contributed by atoms with E-state index in [0.29, 0.717) is 0 Å². The molecule has 0 spiro atoms. The zero-order valence-corrected chi connectivity index (χ0v) is 14.1. The maximum atomic E-state index is 11.1. The number of rotatable bonds is 5. The molecule has 3 nitrogen and oxygen atoms in total. The van der Waals surface area contributed by atoms with Crippen LogP contribution in [0.5, 0.6) is 0 Å². The summed E-state index contributed by atoms with van der Waals surface area (Å²) >= 11 is 0. The van der Waals surface area contributed by atoms with Crippen molar-refractivity contribution in [1.29, 1.82) is 0 Å². The number of amides is 1. The highest BCUT2D eigenvalue weighted by Gasteiger charge is 2.05. The summed E-state index contributed by atoms with van der Waals surface area (Å²) in [5, 5.41) is 2.92. The average Bonchev–Trinajstić information content (AvgIpc) is 3.09. The molecule has 3 heteroatoms. The summed E-state index contributed by atoms with van der Waals surface area (Å²) in [5.41, 5.74) is 4.78. The zero-order chi connectivity index (χ0) is 16.9. The van der Waals surface area contributed by atoms with Gasteiger partial charge in [0, 0.05) is 31.0 Å². The lowest BCUT2D eigenvalue weighted by Gasteiger charge is -2.13. The summed E-state index contributed by atoms with van der Waals surface area (Å²) in [4.78, 5) is 11.1. The van der Waals surface area contributed by atoms with Crippen molar-refractivity contribution < 1.29 is 4.79 Å². The van der Waals surface area contributed by atoms with E-state index in [2.05, 4.69) is 58.4 Å². The van der Waals surface area contributed by atoms with E-state index in [-0.39, 0.29) is 11.9 Å². The lowest BCUT2D eigenvalue weighted by atomic mass is 10.0. The molecule has 0 fully saturated rings. The molecule has 0 saturated carbocycles. The van der Waals surface area contributed by atoms with Gasteiger partial charge >= 0.3 is 0 Å². The highest BCUT2D eigenvalue weighted by atomic mass is 16.1. The van der Waals surface area contributed by atoms with E-state index in [0.717, 1.165) is 12.1 Å². The minimum atomic E-state index is 0.0157. The third-order valence-corrected chi connectivity index (χ3v) is 4.05. The van der Waals surface area contributed by atoms with Gasteiger partial charge < -0.3 is 9.88 Å². The topological polar surface area (TPSA) is 34.0 Å². The minimum Gasteiger partial charge on any atom is -0.354 e. The average molecular weight is 318 g/mol. The lowest BCUT2D eigenvalue weighted by Crippen LogP contribution is -2.31. The van der Waals surface area contributed by atoms with E-state index >= 15 is 0 Å². The Kier molecular flexibility index (Phi) is 4.80. The van der Waals surface area contributed by atoms with Gasteiger partial charge in [-0.25, -0.2) is 0 Å². The fraction of sp³-hybridized carbons (Fsp3) is 0.190. The van der Waals surface area contributed by atoms with Gasteiger partial charge in [0.25, 0.3) is 0 Å². The summed E-state index contributed by atoms with van der Waals surface area (Å²) in [6.45, 7) is 3.58. The number of benzene rings is 2. The summed E-state index contributed by atoms with van der Waals surface area (Å²) in [7, 11) is 0. The van der Waals surface area contributed by atoms with Crippen LogP contribution in [0.4, 0.5) is 0 Å². The third-order valence-electron chi connectivity index (χ3n) is 4.05. The van der Waals surface area contributed by atoms with E-state index in [1.165, 1.54) is 16.7 Å². The fourth-order valence-corrected chi connectivity index (χ4v) is 2.92. The highest BCUT2D eigenvalue weighted by molar-refractivity contribution is 5.73. The number of carbonyl (C=O) groups is 1. The monoisotopic (exact) mass is 318 g/mol. The molecule has 3 aromatic rings. The maximum absolute atomic E-state index is 11.1. The highest BCUT2D eigenvalue weighted by Crippen LogP contribution is 2.22. The minimum absolute atomic E-state index is 0.0157. The van der Waals surface area contributed by atoms with Crippen molar-refractivity contribution in [3.8, 4) is 16.8 Å². The second-order valence-corrected chi connectivity index (χ2v) is 6.14. The molecular formula is C21H22N2O. The molecule has 1 aromatic heterocycles. The van der Waals surface area contributed by atoms with Gasteiger partial charge in [-0.15, -0.1) is 0 Å². The summed E-state index contributed by atoms with van der Waals surface area (Å²) in [5.74, 6) is 0.0157. The van der Waals surface area contributed by atoms with Crippen molar-refractivity contribution in [3.05, 3.63) is 78.6 Å². The lowest BCUT2D eigenvalue weighted by molar-refractivity contribution is -0.119. The molecule has 0 aliphatic rings. The molecule has 3 rings (SSSR count). The Labute approximate surface area is 143 Å². The van der Waals surface area contributed by atoms with Crippen LogP contribution in [-0.4, -0.2) is 16.5 Å². The first-order valence-corrected chi connectivity index (χ1v) is 8.21. The van der Waals surface area contributed by atoms with E-state index in [1.54, 1.807) is 6.92 Å². The molecule has 1 heterocycles. The molecule has 1 amide bonds. The number of carbonyl (C=O) groups excluding carboxylic acids is 1. The Morgan fingerprint density at radius 3 is 2.04 bits per heavy atom. The molecule has 0 aliphatic carbocycles. The van der Waals surface area contributed by atoms with Crippen LogP contribution in [-0.2, 0) is 11.2 Å². The Bertz CT molecular complexity index is 787. The van der Waals surface area contributed by atoms with Crippen molar-refractivity contribution in [2.45, 2.75) is 26.3 Å². The van der Waals surface area contributed by atoms with Gasteiger partial charge in [-0.2, -0.15) is 0 Å². The summed E-state index contributed by atoms with van der Waals surface area (Å²) < 4.78 is 2.09. The normalized spacial score (nSPS) is 11.9. The molecular weight excluding hydrogens is 296 g/mol.